The highest BCUT2D eigenvalue weighted by molar-refractivity contribution is 5.76. The average molecular weight is 957 g/mol. The molecule has 0 aromatic carbocycles. The molecule has 0 aliphatic heterocycles. The van der Waals surface area contributed by atoms with Gasteiger partial charge >= 0.3 is 0 Å². The monoisotopic (exact) mass is 956 g/mol. The van der Waals surface area contributed by atoms with E-state index in [1.165, 1.54) is 302 Å². The number of hydrogen-bond donors (Lipinski definition) is 3. The first-order valence-electron chi connectivity index (χ1n) is 31.5. The van der Waals surface area contributed by atoms with E-state index in [0.717, 1.165) is 32.1 Å². The molecule has 3 N–H and O–H groups in total. The Morgan fingerprint density at radius 2 is 0.603 bits per heavy atom. The molecule has 0 rings (SSSR count). The van der Waals surface area contributed by atoms with Crippen LogP contribution in [0.2, 0.25) is 0 Å². The van der Waals surface area contributed by atoms with Crippen LogP contribution in [0.1, 0.15) is 361 Å². The van der Waals surface area contributed by atoms with E-state index >= 15 is 0 Å². The summed E-state index contributed by atoms with van der Waals surface area (Å²) < 4.78 is 0. The number of aliphatic hydroxyl groups excluding tert-OH is 2. The fourth-order valence-corrected chi connectivity index (χ4v) is 10.2. The molecule has 2 atom stereocenters. The van der Waals surface area contributed by atoms with E-state index in [2.05, 4.69) is 43.5 Å². The van der Waals surface area contributed by atoms with Crippen LogP contribution in [0.4, 0.5) is 0 Å². The van der Waals surface area contributed by atoms with Crippen molar-refractivity contribution in [2.75, 3.05) is 6.61 Å². The van der Waals surface area contributed by atoms with Crippen LogP contribution in [0.3, 0.4) is 0 Å². The van der Waals surface area contributed by atoms with E-state index in [1.807, 2.05) is 0 Å². The number of nitrogens with one attached hydrogen (secondary N) is 1. The van der Waals surface area contributed by atoms with E-state index in [9.17, 15) is 15.0 Å². The van der Waals surface area contributed by atoms with Gasteiger partial charge in [-0.05, 0) is 44.9 Å². The molecule has 4 nitrogen and oxygen atoms in total. The third kappa shape index (κ3) is 55.8. The molecule has 404 valence electrons. The second-order valence-electron chi connectivity index (χ2n) is 21.8. The smallest absolute Gasteiger partial charge is 0.220 e. The minimum absolute atomic E-state index is 0.0231. The number of hydrogen-bond acceptors (Lipinski definition) is 3. The number of amides is 1. The number of allylic oxidation sites excluding steroid dienone is 4. The van der Waals surface area contributed by atoms with Gasteiger partial charge in [-0.2, -0.15) is 0 Å². The Hall–Kier alpha value is -1.13. The molecule has 0 aliphatic carbocycles. The van der Waals surface area contributed by atoms with Crippen LogP contribution < -0.4 is 5.32 Å². The molecule has 0 bridgehead atoms. The van der Waals surface area contributed by atoms with Gasteiger partial charge in [0.1, 0.15) is 0 Å². The number of carbonyl (C=O) groups excluding carboxylic acids is 1. The summed E-state index contributed by atoms with van der Waals surface area (Å²) in [6.45, 7) is 4.38. The summed E-state index contributed by atoms with van der Waals surface area (Å²) in [4.78, 5) is 12.5. The Labute approximate surface area is 428 Å². The minimum atomic E-state index is -0.656. The van der Waals surface area contributed by atoms with Gasteiger partial charge in [-0.25, -0.2) is 0 Å². The molecule has 0 aliphatic rings. The van der Waals surface area contributed by atoms with Gasteiger partial charge in [0.25, 0.3) is 0 Å². The SMILES string of the molecule is CCCCCCC/C=C\C/C=C\CCCCCCCCCCCCCCCCCCCCCCCCCCCCCC(=O)NC(CO)C(O)CCCCCCCCCCCCCCCCCCC. The molecule has 2 unspecified atom stereocenters. The molecule has 1 amide bonds. The van der Waals surface area contributed by atoms with Crippen LogP contribution in [0.5, 0.6) is 0 Å². The predicted molar refractivity (Wildman–Crippen MR) is 304 cm³/mol. The standard InChI is InChI=1S/C64H125NO3/c1-3-5-7-9-11-13-15-17-19-21-22-23-24-25-26-27-28-29-30-31-32-33-34-35-36-37-38-39-40-41-42-44-46-48-50-52-54-56-58-60-64(68)65-62(61-66)63(67)59-57-55-53-51-49-47-45-43-20-18-16-14-12-10-8-6-4-2/h15,17,21-22,62-63,66-67H,3-14,16,18-20,23-61H2,1-2H3,(H,65,68)/b17-15-,22-21-. The Morgan fingerprint density at radius 3 is 0.882 bits per heavy atom. The lowest BCUT2D eigenvalue weighted by Gasteiger charge is -2.22. The lowest BCUT2D eigenvalue weighted by molar-refractivity contribution is -0.123. The highest BCUT2D eigenvalue weighted by Crippen LogP contribution is 2.19. The Kier molecular flexibility index (Phi) is 59.2. The quantitative estimate of drug-likeness (QED) is 0.0420. The van der Waals surface area contributed by atoms with Crippen molar-refractivity contribution in [2.45, 2.75) is 373 Å². The molecular weight excluding hydrogens is 831 g/mol. The zero-order chi connectivity index (χ0) is 49.2. The second-order valence-corrected chi connectivity index (χ2v) is 21.8. The Morgan fingerprint density at radius 1 is 0.353 bits per heavy atom. The summed E-state index contributed by atoms with van der Waals surface area (Å²) in [7, 11) is 0. The van der Waals surface area contributed by atoms with Gasteiger partial charge < -0.3 is 15.5 Å². The van der Waals surface area contributed by atoms with E-state index in [1.54, 1.807) is 0 Å². The van der Waals surface area contributed by atoms with E-state index < -0.39 is 12.1 Å². The zero-order valence-electron chi connectivity index (χ0n) is 46.7. The molecule has 0 saturated carbocycles. The number of unbranched alkanes of at least 4 members (excludes halogenated alkanes) is 48. The Balaban J connectivity index is 3.35. The van der Waals surface area contributed by atoms with Gasteiger partial charge in [0, 0.05) is 6.42 Å². The molecule has 68 heavy (non-hydrogen) atoms. The summed E-state index contributed by atoms with van der Waals surface area (Å²) in [6.07, 6.45) is 80.7. The van der Waals surface area contributed by atoms with E-state index in [0.29, 0.717) is 12.8 Å². The summed E-state index contributed by atoms with van der Waals surface area (Å²) in [6, 6.07) is -0.533. The predicted octanol–water partition coefficient (Wildman–Crippen LogP) is 21.0. The molecule has 0 spiro atoms. The van der Waals surface area contributed by atoms with Crippen molar-refractivity contribution in [2.24, 2.45) is 0 Å². The van der Waals surface area contributed by atoms with Crippen molar-refractivity contribution in [1.29, 1.82) is 0 Å². The first-order valence-corrected chi connectivity index (χ1v) is 31.5. The third-order valence-electron chi connectivity index (χ3n) is 15.0. The molecule has 0 aromatic rings. The topological polar surface area (TPSA) is 69.6 Å². The lowest BCUT2D eigenvalue weighted by atomic mass is 10.0. The van der Waals surface area contributed by atoms with Crippen molar-refractivity contribution >= 4 is 5.91 Å². The van der Waals surface area contributed by atoms with E-state index in [-0.39, 0.29) is 12.5 Å². The minimum Gasteiger partial charge on any atom is -0.394 e. The number of rotatable bonds is 59. The van der Waals surface area contributed by atoms with Crippen molar-refractivity contribution in [3.05, 3.63) is 24.3 Å². The number of carbonyl (C=O) groups is 1. The fraction of sp³-hybridized carbons (Fsp3) is 0.922. The normalized spacial score (nSPS) is 12.8. The molecule has 0 heterocycles. The fourth-order valence-electron chi connectivity index (χ4n) is 10.2. The summed E-state index contributed by atoms with van der Waals surface area (Å²) in [5.74, 6) is -0.0231. The Bertz CT molecular complexity index is 994. The zero-order valence-corrected chi connectivity index (χ0v) is 46.7. The molecule has 0 fully saturated rings. The molecular formula is C64H125NO3. The second kappa shape index (κ2) is 60.2. The van der Waals surface area contributed by atoms with Gasteiger partial charge in [-0.15, -0.1) is 0 Å². The van der Waals surface area contributed by atoms with Gasteiger partial charge in [-0.1, -0.05) is 334 Å². The molecule has 0 saturated heterocycles. The average Bonchev–Trinajstić information content (AvgIpc) is 3.34. The third-order valence-corrected chi connectivity index (χ3v) is 15.0. The first-order chi connectivity index (χ1) is 33.7. The van der Waals surface area contributed by atoms with Crippen LogP contribution in [0, 0.1) is 0 Å². The van der Waals surface area contributed by atoms with E-state index in [4.69, 9.17) is 0 Å². The molecule has 4 heteroatoms. The maximum absolute atomic E-state index is 12.5. The highest BCUT2D eigenvalue weighted by atomic mass is 16.3. The van der Waals surface area contributed by atoms with Crippen LogP contribution in [-0.2, 0) is 4.79 Å². The van der Waals surface area contributed by atoms with Crippen molar-refractivity contribution in [3.63, 3.8) is 0 Å². The summed E-state index contributed by atoms with van der Waals surface area (Å²) in [5, 5.41) is 23.3. The molecule has 0 aromatic heterocycles. The number of aliphatic hydroxyl groups is 2. The van der Waals surface area contributed by atoms with Gasteiger partial charge in [0.2, 0.25) is 5.91 Å². The van der Waals surface area contributed by atoms with Crippen LogP contribution in [-0.4, -0.2) is 34.9 Å². The molecule has 0 radical (unpaired) electrons. The largest absolute Gasteiger partial charge is 0.394 e. The van der Waals surface area contributed by atoms with Crippen molar-refractivity contribution in [3.8, 4) is 0 Å². The van der Waals surface area contributed by atoms with Crippen LogP contribution in [0.25, 0.3) is 0 Å². The first kappa shape index (κ1) is 66.9. The van der Waals surface area contributed by atoms with Crippen LogP contribution >= 0.6 is 0 Å². The lowest BCUT2D eigenvalue weighted by Crippen LogP contribution is -2.45. The summed E-state index contributed by atoms with van der Waals surface area (Å²) >= 11 is 0. The van der Waals surface area contributed by atoms with Crippen LogP contribution in [0.15, 0.2) is 24.3 Å². The maximum atomic E-state index is 12.5. The summed E-state index contributed by atoms with van der Waals surface area (Å²) in [5.41, 5.74) is 0. The van der Waals surface area contributed by atoms with Gasteiger partial charge in [-0.3, -0.25) is 4.79 Å². The van der Waals surface area contributed by atoms with Crippen molar-refractivity contribution < 1.29 is 15.0 Å². The maximum Gasteiger partial charge on any atom is 0.220 e. The van der Waals surface area contributed by atoms with Gasteiger partial charge in [0.05, 0.1) is 18.8 Å². The highest BCUT2D eigenvalue weighted by Gasteiger charge is 2.20. The van der Waals surface area contributed by atoms with Gasteiger partial charge in [0.15, 0.2) is 0 Å². The van der Waals surface area contributed by atoms with Crippen molar-refractivity contribution in [1.82, 2.24) is 5.32 Å².